The molecule has 0 aliphatic heterocycles. The van der Waals surface area contributed by atoms with Crippen LogP contribution in [0.4, 0.5) is 5.69 Å². The molecule has 3 rings (SSSR count). The van der Waals surface area contributed by atoms with Crippen molar-refractivity contribution in [2.45, 2.75) is 41.5 Å². The molecule has 0 spiro atoms. The van der Waals surface area contributed by atoms with Crippen molar-refractivity contribution in [2.75, 3.05) is 0 Å². The minimum absolute atomic E-state index is 0.110. The number of non-ortho nitro benzene ring substituents is 1. The Morgan fingerprint density at radius 1 is 0.733 bits per heavy atom. The van der Waals surface area contributed by atoms with E-state index in [0.29, 0.717) is 0 Å². The van der Waals surface area contributed by atoms with Crippen LogP contribution in [-0.2, 0) is 0 Å². The maximum Gasteiger partial charge on any atom is 0.269 e. The zero-order valence-electron chi connectivity index (χ0n) is 18.6. The van der Waals surface area contributed by atoms with Gasteiger partial charge in [0.25, 0.3) is 5.69 Å². The average molecular weight is 397 g/mol. The molecule has 0 radical (unpaired) electrons. The standard InChI is InChI=1S/C26H28BNO2/c1-17-13-19(3)25(20(4)14-17)27(26-21(5)15-18(2)16-22(26)6)12-11-23-7-9-24(10-8-23)28(29)30/h7-16H,1-6H3/b12-11+. The van der Waals surface area contributed by atoms with Gasteiger partial charge in [-0.05, 0) is 59.2 Å². The van der Waals surface area contributed by atoms with Gasteiger partial charge in [0.1, 0.15) is 0 Å². The highest BCUT2D eigenvalue weighted by atomic mass is 16.6. The fraction of sp³-hybridized carbons (Fsp3) is 0.231. The Morgan fingerprint density at radius 2 is 1.13 bits per heavy atom. The lowest BCUT2D eigenvalue weighted by Gasteiger charge is -2.22. The molecule has 0 bridgehead atoms. The Bertz CT molecular complexity index is 1030. The highest BCUT2D eigenvalue weighted by Gasteiger charge is 2.24. The number of nitro benzene ring substituents is 1. The van der Waals surface area contributed by atoms with Crippen molar-refractivity contribution < 1.29 is 4.92 Å². The van der Waals surface area contributed by atoms with Gasteiger partial charge < -0.3 is 0 Å². The van der Waals surface area contributed by atoms with E-state index in [1.165, 1.54) is 44.3 Å². The van der Waals surface area contributed by atoms with Crippen molar-refractivity contribution in [3.8, 4) is 0 Å². The molecule has 152 valence electrons. The van der Waals surface area contributed by atoms with Gasteiger partial charge in [0, 0.05) is 12.1 Å². The molecular formula is C26H28BNO2. The van der Waals surface area contributed by atoms with Crippen LogP contribution < -0.4 is 10.9 Å². The fourth-order valence-corrected chi connectivity index (χ4v) is 4.61. The highest BCUT2D eigenvalue weighted by Crippen LogP contribution is 2.16. The Kier molecular flexibility index (Phi) is 6.26. The molecule has 0 aliphatic rings. The van der Waals surface area contributed by atoms with E-state index in [0.717, 1.165) is 5.56 Å². The normalized spacial score (nSPS) is 11.1. The number of rotatable bonds is 5. The van der Waals surface area contributed by atoms with Crippen LogP contribution >= 0.6 is 0 Å². The Hall–Kier alpha value is -3.14. The van der Waals surface area contributed by atoms with Gasteiger partial charge in [0.2, 0.25) is 6.71 Å². The first-order valence-electron chi connectivity index (χ1n) is 10.3. The molecule has 3 aromatic carbocycles. The van der Waals surface area contributed by atoms with Gasteiger partial charge in [0.15, 0.2) is 0 Å². The molecule has 3 nitrogen and oxygen atoms in total. The summed E-state index contributed by atoms with van der Waals surface area (Å²) in [5.41, 5.74) is 11.4. The zero-order chi connectivity index (χ0) is 22.0. The quantitative estimate of drug-likeness (QED) is 0.333. The van der Waals surface area contributed by atoms with Crippen molar-refractivity contribution in [1.29, 1.82) is 0 Å². The third-order valence-corrected chi connectivity index (χ3v) is 5.68. The van der Waals surface area contributed by atoms with Gasteiger partial charge in [0.05, 0.1) is 4.92 Å². The number of hydrogen-bond donors (Lipinski definition) is 0. The van der Waals surface area contributed by atoms with Crippen LogP contribution in [0.1, 0.15) is 38.9 Å². The molecular weight excluding hydrogens is 369 g/mol. The van der Waals surface area contributed by atoms with E-state index in [9.17, 15) is 10.1 Å². The molecule has 0 amide bonds. The summed E-state index contributed by atoms with van der Waals surface area (Å²) in [6.45, 7) is 13.1. The summed E-state index contributed by atoms with van der Waals surface area (Å²) >= 11 is 0. The number of nitrogens with zero attached hydrogens (tertiary/aromatic N) is 1. The predicted molar refractivity (Wildman–Crippen MR) is 128 cm³/mol. The van der Waals surface area contributed by atoms with E-state index in [1.807, 2.05) is 0 Å². The average Bonchev–Trinajstić information content (AvgIpc) is 2.64. The summed E-state index contributed by atoms with van der Waals surface area (Å²) in [5, 5.41) is 10.9. The summed E-state index contributed by atoms with van der Waals surface area (Å²) in [4.78, 5) is 10.6. The van der Waals surface area contributed by atoms with Crippen LogP contribution in [0.5, 0.6) is 0 Å². The number of nitro groups is 1. The Balaban J connectivity index is 2.15. The monoisotopic (exact) mass is 397 g/mol. The lowest BCUT2D eigenvalue weighted by Crippen LogP contribution is -2.46. The van der Waals surface area contributed by atoms with Crippen molar-refractivity contribution >= 4 is 29.4 Å². The molecule has 4 heteroatoms. The summed E-state index contributed by atoms with van der Waals surface area (Å²) in [5.74, 6) is 2.23. The van der Waals surface area contributed by atoms with Crippen molar-refractivity contribution in [3.05, 3.63) is 104 Å². The van der Waals surface area contributed by atoms with E-state index in [-0.39, 0.29) is 17.3 Å². The molecule has 30 heavy (non-hydrogen) atoms. The van der Waals surface area contributed by atoms with Crippen LogP contribution in [0, 0.1) is 51.7 Å². The van der Waals surface area contributed by atoms with E-state index in [2.05, 4.69) is 77.9 Å². The van der Waals surface area contributed by atoms with Gasteiger partial charge in [-0.1, -0.05) is 74.6 Å². The number of hydrogen-bond acceptors (Lipinski definition) is 2. The van der Waals surface area contributed by atoms with Crippen LogP contribution in [0.3, 0.4) is 0 Å². The fourth-order valence-electron chi connectivity index (χ4n) is 4.61. The molecule has 0 N–H and O–H groups in total. The van der Waals surface area contributed by atoms with Crippen molar-refractivity contribution in [1.82, 2.24) is 0 Å². The predicted octanol–water partition coefficient (Wildman–Crippen LogP) is 5.31. The molecule has 3 aromatic rings. The third-order valence-electron chi connectivity index (χ3n) is 5.68. The molecule has 0 unspecified atom stereocenters. The molecule has 0 atom stereocenters. The minimum Gasteiger partial charge on any atom is -0.258 e. The first-order valence-corrected chi connectivity index (χ1v) is 10.3. The van der Waals surface area contributed by atoms with Crippen LogP contribution in [-0.4, -0.2) is 11.6 Å². The van der Waals surface area contributed by atoms with Gasteiger partial charge in [-0.25, -0.2) is 0 Å². The van der Waals surface area contributed by atoms with Gasteiger partial charge in [-0.2, -0.15) is 0 Å². The molecule has 0 heterocycles. The van der Waals surface area contributed by atoms with Crippen molar-refractivity contribution in [2.24, 2.45) is 0 Å². The maximum absolute atomic E-state index is 10.9. The van der Waals surface area contributed by atoms with Crippen LogP contribution in [0.2, 0.25) is 0 Å². The van der Waals surface area contributed by atoms with Crippen LogP contribution in [0.25, 0.3) is 6.08 Å². The summed E-state index contributed by atoms with van der Waals surface area (Å²) in [6.07, 6.45) is 2.08. The van der Waals surface area contributed by atoms with Gasteiger partial charge in [-0.15, -0.1) is 5.98 Å². The number of aryl methyl sites for hydroxylation is 6. The third kappa shape index (κ3) is 4.54. The van der Waals surface area contributed by atoms with Gasteiger partial charge in [-0.3, -0.25) is 10.1 Å². The van der Waals surface area contributed by atoms with Crippen LogP contribution in [0.15, 0.2) is 54.5 Å². The molecule has 0 fully saturated rings. The second-order valence-electron chi connectivity index (χ2n) is 8.31. The lowest BCUT2D eigenvalue weighted by atomic mass is 9.37. The molecule has 0 saturated carbocycles. The van der Waals surface area contributed by atoms with E-state index < -0.39 is 0 Å². The van der Waals surface area contributed by atoms with E-state index >= 15 is 0 Å². The summed E-state index contributed by atoms with van der Waals surface area (Å²) in [7, 11) is 0. The SMILES string of the molecule is Cc1cc(C)c(B(/C=C/c2ccc([N+](=O)[O-])cc2)c2c(C)cc(C)cc2C)c(C)c1. The number of benzene rings is 3. The summed E-state index contributed by atoms with van der Waals surface area (Å²) < 4.78 is 0. The first-order chi connectivity index (χ1) is 14.2. The summed E-state index contributed by atoms with van der Waals surface area (Å²) in [6, 6.07) is 15.7. The highest BCUT2D eigenvalue weighted by molar-refractivity contribution is 6.90. The Labute approximate surface area is 179 Å². The molecule has 0 aliphatic carbocycles. The second-order valence-corrected chi connectivity index (χ2v) is 8.31. The van der Waals surface area contributed by atoms with E-state index in [1.54, 1.807) is 24.3 Å². The lowest BCUT2D eigenvalue weighted by molar-refractivity contribution is -0.384. The second kappa shape index (κ2) is 8.70. The topological polar surface area (TPSA) is 43.1 Å². The maximum atomic E-state index is 10.9. The zero-order valence-corrected chi connectivity index (χ0v) is 18.6. The molecule has 0 saturated heterocycles. The minimum atomic E-state index is -0.367. The first kappa shape index (κ1) is 21.6. The van der Waals surface area contributed by atoms with Gasteiger partial charge >= 0.3 is 0 Å². The van der Waals surface area contributed by atoms with Crippen molar-refractivity contribution in [3.63, 3.8) is 0 Å². The smallest absolute Gasteiger partial charge is 0.258 e. The molecule has 0 aromatic heterocycles. The van der Waals surface area contributed by atoms with E-state index in [4.69, 9.17) is 0 Å². The Morgan fingerprint density at radius 3 is 1.50 bits per heavy atom. The largest absolute Gasteiger partial charge is 0.269 e.